The van der Waals surface area contributed by atoms with Gasteiger partial charge < -0.3 is 24.8 Å². The summed E-state index contributed by atoms with van der Waals surface area (Å²) in [4.78, 5) is 38.5. The summed E-state index contributed by atoms with van der Waals surface area (Å²) < 4.78 is 10.8. The van der Waals surface area contributed by atoms with Crippen molar-refractivity contribution in [1.29, 1.82) is 0 Å². The van der Waals surface area contributed by atoms with Crippen molar-refractivity contribution in [3.63, 3.8) is 0 Å². The lowest BCUT2D eigenvalue weighted by molar-refractivity contribution is -0.158. The molecule has 1 saturated heterocycles. The number of carbonyl (C=O) groups is 3. The molecular weight excluding hydrogens is 436 g/mol. The molecule has 2 aromatic carbocycles. The zero-order valence-corrected chi connectivity index (χ0v) is 19.5. The van der Waals surface area contributed by atoms with Gasteiger partial charge in [-0.05, 0) is 28.7 Å². The van der Waals surface area contributed by atoms with Gasteiger partial charge in [-0.2, -0.15) is 0 Å². The third-order valence-corrected chi connectivity index (χ3v) is 6.99. The monoisotopic (exact) mass is 466 g/mol. The maximum absolute atomic E-state index is 12.8. The molecule has 2 aliphatic rings. The van der Waals surface area contributed by atoms with E-state index >= 15 is 0 Å². The molecule has 0 spiro atoms. The van der Waals surface area contributed by atoms with Gasteiger partial charge in [0.15, 0.2) is 5.54 Å². The first-order valence-corrected chi connectivity index (χ1v) is 11.6. The number of carbonyl (C=O) groups excluding carboxylic acids is 2. The smallest absolute Gasteiger partial charge is 0.407 e. The first-order valence-electron chi connectivity index (χ1n) is 11.6. The second-order valence-electron chi connectivity index (χ2n) is 8.87. The largest absolute Gasteiger partial charge is 0.479 e. The fourth-order valence-electron chi connectivity index (χ4n) is 4.82. The number of ether oxygens (including phenoxy) is 2. The molecule has 1 aliphatic heterocycles. The summed E-state index contributed by atoms with van der Waals surface area (Å²) in [5, 5.41) is 12.4. The molecular formula is C26H30N2O6. The van der Waals surface area contributed by atoms with Gasteiger partial charge in [-0.3, -0.25) is 4.79 Å². The minimum absolute atomic E-state index is 0.0216. The zero-order valence-electron chi connectivity index (χ0n) is 19.5. The van der Waals surface area contributed by atoms with E-state index in [1.807, 2.05) is 31.2 Å². The second kappa shape index (κ2) is 9.85. The van der Waals surface area contributed by atoms with Crippen LogP contribution in [0.15, 0.2) is 48.5 Å². The Morgan fingerprint density at radius 2 is 1.76 bits per heavy atom. The highest BCUT2D eigenvalue weighted by atomic mass is 16.5. The van der Waals surface area contributed by atoms with Crippen LogP contribution >= 0.6 is 0 Å². The normalized spacial score (nSPS) is 19.7. The Morgan fingerprint density at radius 1 is 1.15 bits per heavy atom. The number of nitrogens with one attached hydrogen (secondary N) is 1. The van der Waals surface area contributed by atoms with Gasteiger partial charge in [0.2, 0.25) is 5.91 Å². The summed E-state index contributed by atoms with van der Waals surface area (Å²) in [6.45, 7) is 2.29. The van der Waals surface area contributed by atoms with Crippen LogP contribution < -0.4 is 5.32 Å². The molecule has 1 aliphatic carbocycles. The highest BCUT2D eigenvalue weighted by Gasteiger charge is 2.48. The van der Waals surface area contributed by atoms with Crippen molar-refractivity contribution in [1.82, 2.24) is 10.2 Å². The SMILES string of the molecule is CC[C@@H](CC(=O)N(C)C1(C(=O)O)CCOC1)NC(=O)OCC1c2ccccc2-c2ccccc21. The number of rotatable bonds is 8. The Labute approximate surface area is 198 Å². The number of benzene rings is 2. The summed E-state index contributed by atoms with van der Waals surface area (Å²) in [7, 11) is 1.48. The Balaban J connectivity index is 1.36. The Kier molecular flexibility index (Phi) is 6.88. The van der Waals surface area contributed by atoms with Crippen LogP contribution in [0.5, 0.6) is 0 Å². The number of likely N-dealkylation sites (N-methyl/N-ethyl adjacent to an activating group) is 1. The molecule has 2 N–H and O–H groups in total. The number of alkyl carbamates (subject to hydrolysis) is 1. The van der Waals surface area contributed by atoms with E-state index in [0.29, 0.717) is 13.0 Å². The van der Waals surface area contributed by atoms with Gasteiger partial charge in [-0.15, -0.1) is 0 Å². The van der Waals surface area contributed by atoms with Gasteiger partial charge in [-0.1, -0.05) is 55.5 Å². The van der Waals surface area contributed by atoms with Crippen LogP contribution in [0.4, 0.5) is 4.79 Å². The van der Waals surface area contributed by atoms with Crippen LogP contribution in [0.3, 0.4) is 0 Å². The summed E-state index contributed by atoms with van der Waals surface area (Å²) >= 11 is 0. The van der Waals surface area contributed by atoms with Crippen molar-refractivity contribution in [2.45, 2.75) is 43.7 Å². The molecule has 8 heteroatoms. The van der Waals surface area contributed by atoms with Crippen molar-refractivity contribution in [2.75, 3.05) is 26.9 Å². The number of nitrogens with zero attached hydrogens (tertiary/aromatic N) is 1. The number of aliphatic carboxylic acids is 1. The highest BCUT2D eigenvalue weighted by molar-refractivity contribution is 5.88. The number of fused-ring (bicyclic) bond motifs is 3. The number of hydrogen-bond donors (Lipinski definition) is 2. The van der Waals surface area contributed by atoms with Gasteiger partial charge in [0, 0.05) is 38.5 Å². The predicted molar refractivity (Wildman–Crippen MR) is 125 cm³/mol. The number of carboxylic acid groups (broad SMARTS) is 1. The molecule has 180 valence electrons. The average molecular weight is 467 g/mol. The molecule has 2 aromatic rings. The third-order valence-electron chi connectivity index (χ3n) is 6.99. The first-order chi connectivity index (χ1) is 16.4. The fourth-order valence-corrected chi connectivity index (χ4v) is 4.82. The van der Waals surface area contributed by atoms with Gasteiger partial charge >= 0.3 is 12.1 Å². The standard InChI is InChI=1S/C26H30N2O6/c1-3-17(14-23(29)28(2)26(24(30)31)12-13-33-16-26)27-25(32)34-15-22-20-10-6-4-8-18(20)19-9-5-7-11-21(19)22/h4-11,17,22H,3,12-16H2,1-2H3,(H,27,32)(H,30,31)/t17-,26?/m0/s1. The molecule has 1 fully saturated rings. The summed E-state index contributed by atoms with van der Waals surface area (Å²) in [5.74, 6) is -1.50. The molecule has 4 rings (SSSR count). The van der Waals surface area contributed by atoms with Crippen LogP contribution in [-0.2, 0) is 19.1 Å². The summed E-state index contributed by atoms with van der Waals surface area (Å²) in [6, 6.07) is 15.7. The Hall–Kier alpha value is -3.39. The second-order valence-corrected chi connectivity index (χ2v) is 8.87. The van der Waals surface area contributed by atoms with Crippen molar-refractivity contribution >= 4 is 18.0 Å². The van der Waals surface area contributed by atoms with E-state index < -0.39 is 23.6 Å². The number of hydrogen-bond acceptors (Lipinski definition) is 5. The highest BCUT2D eigenvalue weighted by Crippen LogP contribution is 2.44. The maximum atomic E-state index is 12.8. The Bertz CT molecular complexity index is 1030. The van der Waals surface area contributed by atoms with Crippen LogP contribution in [0.25, 0.3) is 11.1 Å². The van der Waals surface area contributed by atoms with Crippen LogP contribution in [0, 0.1) is 0 Å². The lowest BCUT2D eigenvalue weighted by Crippen LogP contribution is -2.56. The topological polar surface area (TPSA) is 105 Å². The van der Waals surface area contributed by atoms with E-state index in [1.165, 1.54) is 11.9 Å². The summed E-state index contributed by atoms with van der Waals surface area (Å²) in [5.41, 5.74) is 3.18. The molecule has 0 saturated carbocycles. The molecule has 0 radical (unpaired) electrons. The van der Waals surface area contributed by atoms with E-state index in [2.05, 4.69) is 29.6 Å². The number of carboxylic acids is 1. The van der Waals surface area contributed by atoms with Crippen molar-refractivity contribution in [3.05, 3.63) is 59.7 Å². The molecule has 34 heavy (non-hydrogen) atoms. The zero-order chi connectivity index (χ0) is 24.3. The molecule has 2 amide bonds. The fraction of sp³-hybridized carbons (Fsp3) is 0.423. The predicted octanol–water partition coefficient (Wildman–Crippen LogP) is 3.40. The average Bonchev–Trinajstić information content (AvgIpc) is 3.46. The van der Waals surface area contributed by atoms with Crippen molar-refractivity contribution in [3.8, 4) is 11.1 Å². The molecule has 8 nitrogen and oxygen atoms in total. The van der Waals surface area contributed by atoms with Crippen LogP contribution in [-0.4, -0.2) is 66.4 Å². The van der Waals surface area contributed by atoms with E-state index in [1.54, 1.807) is 0 Å². The summed E-state index contributed by atoms with van der Waals surface area (Å²) in [6.07, 6.45) is 0.120. The van der Waals surface area contributed by atoms with E-state index in [-0.39, 0.29) is 37.9 Å². The quantitative estimate of drug-likeness (QED) is 0.618. The van der Waals surface area contributed by atoms with Crippen LogP contribution in [0.1, 0.15) is 43.2 Å². The van der Waals surface area contributed by atoms with E-state index in [9.17, 15) is 19.5 Å². The van der Waals surface area contributed by atoms with Gasteiger partial charge in [0.25, 0.3) is 0 Å². The van der Waals surface area contributed by atoms with E-state index in [0.717, 1.165) is 22.3 Å². The van der Waals surface area contributed by atoms with Crippen molar-refractivity contribution in [2.24, 2.45) is 0 Å². The van der Waals surface area contributed by atoms with Gasteiger partial charge in [-0.25, -0.2) is 9.59 Å². The van der Waals surface area contributed by atoms with Crippen molar-refractivity contribution < 1.29 is 29.0 Å². The molecule has 2 atom stereocenters. The minimum atomic E-state index is -1.36. The molecule has 1 unspecified atom stereocenters. The molecule has 0 aromatic heterocycles. The lowest BCUT2D eigenvalue weighted by Gasteiger charge is -2.34. The molecule has 0 bridgehead atoms. The maximum Gasteiger partial charge on any atom is 0.407 e. The van der Waals surface area contributed by atoms with Gasteiger partial charge in [0.1, 0.15) is 6.61 Å². The van der Waals surface area contributed by atoms with Crippen LogP contribution in [0.2, 0.25) is 0 Å². The lowest BCUT2D eigenvalue weighted by atomic mass is 9.96. The minimum Gasteiger partial charge on any atom is -0.479 e. The molecule has 1 heterocycles. The van der Waals surface area contributed by atoms with E-state index in [4.69, 9.17) is 9.47 Å². The number of amides is 2. The van der Waals surface area contributed by atoms with Gasteiger partial charge in [0.05, 0.1) is 6.61 Å². The Morgan fingerprint density at radius 3 is 2.29 bits per heavy atom. The first kappa shape index (κ1) is 23.8. The third kappa shape index (κ3) is 4.37.